The van der Waals surface area contributed by atoms with Gasteiger partial charge >= 0.3 is 0 Å². The monoisotopic (exact) mass is 322 g/mol. The Morgan fingerprint density at radius 1 is 1.33 bits per heavy atom. The van der Waals surface area contributed by atoms with Crippen LogP contribution in [0.1, 0.15) is 43.3 Å². The van der Waals surface area contributed by atoms with Gasteiger partial charge in [0.1, 0.15) is 5.01 Å². The highest BCUT2D eigenvalue weighted by molar-refractivity contribution is 7.13. The molecule has 3 heterocycles. The summed E-state index contributed by atoms with van der Waals surface area (Å²) in [5.74, 6) is 0.525. The van der Waals surface area contributed by atoms with Gasteiger partial charge in [-0.05, 0) is 18.8 Å². The van der Waals surface area contributed by atoms with E-state index >= 15 is 0 Å². The van der Waals surface area contributed by atoms with Crippen molar-refractivity contribution in [3.63, 3.8) is 0 Å². The first-order chi connectivity index (χ1) is 10.2. The third-order valence-electron chi connectivity index (χ3n) is 3.89. The van der Waals surface area contributed by atoms with Gasteiger partial charge in [0.25, 0.3) is 0 Å². The quantitative estimate of drug-likeness (QED) is 0.915. The number of anilines is 1. The maximum atomic E-state index is 4.69. The van der Waals surface area contributed by atoms with Crippen molar-refractivity contribution in [2.45, 2.75) is 45.2 Å². The molecule has 0 amide bonds. The summed E-state index contributed by atoms with van der Waals surface area (Å²) in [5, 5.41) is 10.3. The van der Waals surface area contributed by atoms with Crippen molar-refractivity contribution in [3.05, 3.63) is 27.7 Å². The minimum absolute atomic E-state index is 0.525. The molecule has 0 spiro atoms. The van der Waals surface area contributed by atoms with E-state index in [0.29, 0.717) is 12.0 Å². The summed E-state index contributed by atoms with van der Waals surface area (Å²) in [5.41, 5.74) is 1.22. The maximum absolute atomic E-state index is 4.69. The van der Waals surface area contributed by atoms with E-state index in [-0.39, 0.29) is 0 Å². The predicted octanol–water partition coefficient (Wildman–Crippen LogP) is 3.48. The fraction of sp³-hybridized carbons (Fsp3) is 0.600. The second-order valence-electron chi connectivity index (χ2n) is 5.78. The van der Waals surface area contributed by atoms with Crippen LogP contribution in [0, 0.1) is 0 Å². The summed E-state index contributed by atoms with van der Waals surface area (Å²) in [4.78, 5) is 11.5. The summed E-state index contributed by atoms with van der Waals surface area (Å²) in [6.45, 7) is 7.49. The summed E-state index contributed by atoms with van der Waals surface area (Å²) < 4.78 is 0. The van der Waals surface area contributed by atoms with Gasteiger partial charge in [-0.3, -0.25) is 0 Å². The molecule has 4 nitrogen and oxygen atoms in total. The standard InChI is InChI=1S/C15H22N4S2/c1-11(2)13-10-21-14(18-13)9-17-12-3-6-19(7-4-12)15-16-5-8-20-15/h5,8,10-12,17H,3-4,6-7,9H2,1-2H3. The smallest absolute Gasteiger partial charge is 0.185 e. The maximum Gasteiger partial charge on any atom is 0.185 e. The number of rotatable bonds is 5. The van der Waals surface area contributed by atoms with Crippen molar-refractivity contribution >= 4 is 27.8 Å². The molecule has 0 radical (unpaired) electrons. The van der Waals surface area contributed by atoms with Crippen molar-refractivity contribution in [2.24, 2.45) is 0 Å². The number of aromatic nitrogens is 2. The molecule has 0 bridgehead atoms. The number of thiazole rings is 2. The topological polar surface area (TPSA) is 41.0 Å². The van der Waals surface area contributed by atoms with Gasteiger partial charge in [0.15, 0.2) is 5.13 Å². The van der Waals surface area contributed by atoms with Gasteiger partial charge in [0.05, 0.1) is 5.69 Å². The lowest BCUT2D eigenvalue weighted by Gasteiger charge is -2.32. The third-order valence-corrected chi connectivity index (χ3v) is 5.59. The fourth-order valence-corrected chi connectivity index (χ4v) is 4.15. The van der Waals surface area contributed by atoms with Gasteiger partial charge in [0.2, 0.25) is 0 Å². The summed E-state index contributed by atoms with van der Waals surface area (Å²) in [7, 11) is 0. The zero-order valence-electron chi connectivity index (χ0n) is 12.6. The van der Waals surface area contributed by atoms with E-state index in [1.165, 1.54) is 23.5 Å². The SMILES string of the molecule is CC(C)c1csc(CNC2CCN(c3nccs3)CC2)n1. The number of nitrogens with one attached hydrogen (secondary N) is 1. The Labute approximate surface area is 134 Å². The minimum Gasteiger partial charge on any atom is -0.348 e. The fourth-order valence-electron chi connectivity index (χ4n) is 2.55. The highest BCUT2D eigenvalue weighted by Crippen LogP contribution is 2.22. The molecule has 0 saturated carbocycles. The molecule has 2 aromatic rings. The Bertz CT molecular complexity index is 542. The van der Waals surface area contributed by atoms with E-state index in [1.54, 1.807) is 22.7 Å². The molecule has 0 aliphatic carbocycles. The average molecular weight is 323 g/mol. The molecule has 1 saturated heterocycles. The van der Waals surface area contributed by atoms with Gasteiger partial charge in [-0.15, -0.1) is 22.7 Å². The highest BCUT2D eigenvalue weighted by Gasteiger charge is 2.20. The summed E-state index contributed by atoms with van der Waals surface area (Å²) in [6.07, 6.45) is 4.25. The summed E-state index contributed by atoms with van der Waals surface area (Å²) in [6, 6.07) is 0.604. The van der Waals surface area contributed by atoms with Crippen molar-refractivity contribution in [3.8, 4) is 0 Å². The molecule has 1 aliphatic heterocycles. The van der Waals surface area contributed by atoms with Crippen LogP contribution < -0.4 is 10.2 Å². The molecule has 1 aliphatic rings. The van der Waals surface area contributed by atoms with Gasteiger partial charge in [-0.1, -0.05) is 13.8 Å². The molecular weight excluding hydrogens is 300 g/mol. The Hall–Kier alpha value is -0.980. The molecule has 6 heteroatoms. The minimum atomic E-state index is 0.525. The molecule has 1 fully saturated rings. The van der Waals surface area contributed by atoms with Gasteiger partial charge < -0.3 is 10.2 Å². The second kappa shape index (κ2) is 6.85. The normalized spacial score (nSPS) is 16.8. The van der Waals surface area contributed by atoms with Crippen LogP contribution >= 0.6 is 22.7 Å². The molecule has 2 aromatic heterocycles. The van der Waals surface area contributed by atoms with E-state index in [2.05, 4.69) is 44.8 Å². The lowest BCUT2D eigenvalue weighted by Crippen LogP contribution is -2.42. The van der Waals surface area contributed by atoms with Gasteiger partial charge in [0, 0.05) is 42.6 Å². The van der Waals surface area contributed by atoms with Crippen molar-refractivity contribution in [2.75, 3.05) is 18.0 Å². The van der Waals surface area contributed by atoms with E-state index in [0.717, 1.165) is 24.8 Å². The Kier molecular flexibility index (Phi) is 4.87. The van der Waals surface area contributed by atoms with Crippen molar-refractivity contribution < 1.29 is 0 Å². The van der Waals surface area contributed by atoms with Gasteiger partial charge in [-0.25, -0.2) is 9.97 Å². The molecule has 3 rings (SSSR count). The number of hydrogen-bond acceptors (Lipinski definition) is 6. The zero-order valence-corrected chi connectivity index (χ0v) is 14.2. The van der Waals surface area contributed by atoms with Crippen molar-refractivity contribution in [1.29, 1.82) is 0 Å². The first-order valence-corrected chi connectivity index (χ1v) is 9.30. The van der Waals surface area contributed by atoms with Crippen LogP contribution in [0.25, 0.3) is 0 Å². The molecule has 0 atom stereocenters. The third kappa shape index (κ3) is 3.81. The van der Waals surface area contributed by atoms with E-state index in [9.17, 15) is 0 Å². The predicted molar refractivity (Wildman–Crippen MR) is 90.4 cm³/mol. The number of hydrogen-bond donors (Lipinski definition) is 1. The van der Waals surface area contributed by atoms with Crippen LogP contribution in [-0.4, -0.2) is 29.1 Å². The van der Waals surface area contributed by atoms with Crippen LogP contribution in [-0.2, 0) is 6.54 Å². The molecule has 1 N–H and O–H groups in total. The molecule has 0 unspecified atom stereocenters. The Morgan fingerprint density at radius 3 is 2.76 bits per heavy atom. The Morgan fingerprint density at radius 2 is 2.14 bits per heavy atom. The molecule has 21 heavy (non-hydrogen) atoms. The summed E-state index contributed by atoms with van der Waals surface area (Å²) >= 11 is 3.51. The zero-order chi connectivity index (χ0) is 14.7. The van der Waals surface area contributed by atoms with Crippen LogP contribution in [0.15, 0.2) is 17.0 Å². The van der Waals surface area contributed by atoms with E-state index < -0.39 is 0 Å². The second-order valence-corrected chi connectivity index (χ2v) is 7.59. The first-order valence-electron chi connectivity index (χ1n) is 7.54. The lowest BCUT2D eigenvalue weighted by molar-refractivity contribution is 0.413. The molecule has 0 aromatic carbocycles. The Balaban J connectivity index is 1.45. The van der Waals surface area contributed by atoms with Crippen LogP contribution in [0.5, 0.6) is 0 Å². The van der Waals surface area contributed by atoms with Crippen LogP contribution in [0.3, 0.4) is 0 Å². The molecular formula is C15H22N4S2. The van der Waals surface area contributed by atoms with Crippen LogP contribution in [0.2, 0.25) is 0 Å². The van der Waals surface area contributed by atoms with E-state index in [4.69, 9.17) is 0 Å². The average Bonchev–Trinajstić information content (AvgIpc) is 3.17. The van der Waals surface area contributed by atoms with Gasteiger partial charge in [-0.2, -0.15) is 0 Å². The lowest BCUT2D eigenvalue weighted by atomic mass is 10.1. The molecule has 114 valence electrons. The highest BCUT2D eigenvalue weighted by atomic mass is 32.1. The van der Waals surface area contributed by atoms with Crippen molar-refractivity contribution in [1.82, 2.24) is 15.3 Å². The van der Waals surface area contributed by atoms with Crippen LogP contribution in [0.4, 0.5) is 5.13 Å². The number of nitrogens with zero attached hydrogens (tertiary/aromatic N) is 3. The van der Waals surface area contributed by atoms with E-state index in [1.807, 2.05) is 6.20 Å². The number of piperidine rings is 1. The first kappa shape index (κ1) is 14.9. The largest absolute Gasteiger partial charge is 0.348 e.